The standard InChI is InChI=1S/C14H19N3O2S/c1-7(2)5-10(14(18)19)17-12-11-8(3)9(4)20-13(11)16-6-15-12/h6-7,10H,5H2,1-4H3,(H,18,19)(H,15,16,17)/t10-/m1/s1. The van der Waals surface area contributed by atoms with E-state index < -0.39 is 12.0 Å². The molecule has 0 amide bonds. The molecule has 6 heteroatoms. The number of fused-ring (bicyclic) bond motifs is 1. The van der Waals surface area contributed by atoms with Crippen LogP contribution in [0.3, 0.4) is 0 Å². The molecule has 2 aromatic heterocycles. The third kappa shape index (κ3) is 2.90. The molecule has 2 aromatic rings. The molecular formula is C14H19N3O2S. The summed E-state index contributed by atoms with van der Waals surface area (Å²) >= 11 is 1.60. The van der Waals surface area contributed by atoms with Crippen molar-refractivity contribution < 1.29 is 9.90 Å². The SMILES string of the molecule is Cc1sc2ncnc(N[C@H](CC(C)C)C(=O)O)c2c1C. The summed E-state index contributed by atoms with van der Waals surface area (Å²) in [6.07, 6.45) is 2.04. The lowest BCUT2D eigenvalue weighted by Gasteiger charge is -2.17. The van der Waals surface area contributed by atoms with Crippen molar-refractivity contribution in [2.45, 2.75) is 40.2 Å². The lowest BCUT2D eigenvalue weighted by molar-refractivity contribution is -0.138. The maximum Gasteiger partial charge on any atom is 0.326 e. The highest BCUT2D eigenvalue weighted by molar-refractivity contribution is 7.18. The van der Waals surface area contributed by atoms with Gasteiger partial charge in [-0.3, -0.25) is 0 Å². The molecule has 0 saturated carbocycles. The first-order valence-corrected chi connectivity index (χ1v) is 7.41. The molecule has 5 nitrogen and oxygen atoms in total. The van der Waals surface area contributed by atoms with Crippen LogP contribution in [0, 0.1) is 19.8 Å². The first-order chi connectivity index (χ1) is 9.40. The minimum atomic E-state index is -0.852. The number of anilines is 1. The number of nitrogens with one attached hydrogen (secondary N) is 1. The largest absolute Gasteiger partial charge is 0.480 e. The molecular weight excluding hydrogens is 274 g/mol. The van der Waals surface area contributed by atoms with Crippen molar-refractivity contribution in [2.24, 2.45) is 5.92 Å². The Morgan fingerprint density at radius 3 is 2.70 bits per heavy atom. The molecule has 2 N–H and O–H groups in total. The Labute approximate surface area is 122 Å². The molecule has 108 valence electrons. The van der Waals surface area contributed by atoms with Crippen LogP contribution in [0.4, 0.5) is 5.82 Å². The average Bonchev–Trinajstić information content (AvgIpc) is 2.64. The molecule has 0 aliphatic rings. The van der Waals surface area contributed by atoms with E-state index in [1.165, 1.54) is 11.2 Å². The minimum absolute atomic E-state index is 0.297. The van der Waals surface area contributed by atoms with Gasteiger partial charge in [0.15, 0.2) is 0 Å². The Morgan fingerprint density at radius 2 is 2.10 bits per heavy atom. The molecule has 0 spiro atoms. The third-order valence-corrected chi connectivity index (χ3v) is 4.40. The molecule has 0 bridgehead atoms. The zero-order chi connectivity index (χ0) is 14.9. The second kappa shape index (κ2) is 5.75. The molecule has 2 rings (SSSR count). The van der Waals surface area contributed by atoms with Gasteiger partial charge in [0.1, 0.15) is 23.0 Å². The molecule has 0 saturated heterocycles. The first-order valence-electron chi connectivity index (χ1n) is 6.60. The van der Waals surface area contributed by atoms with Crippen LogP contribution in [0.15, 0.2) is 6.33 Å². The second-order valence-electron chi connectivity index (χ2n) is 5.35. The van der Waals surface area contributed by atoms with Gasteiger partial charge in [0.2, 0.25) is 0 Å². The molecule has 0 aliphatic carbocycles. The summed E-state index contributed by atoms with van der Waals surface area (Å²) in [6, 6.07) is -0.632. The number of carboxylic acid groups (broad SMARTS) is 1. The van der Waals surface area contributed by atoms with Gasteiger partial charge < -0.3 is 10.4 Å². The van der Waals surface area contributed by atoms with Gasteiger partial charge in [-0.1, -0.05) is 13.8 Å². The highest BCUT2D eigenvalue weighted by Crippen LogP contribution is 2.32. The van der Waals surface area contributed by atoms with Crippen LogP contribution in [0.2, 0.25) is 0 Å². The number of aliphatic carboxylic acids is 1. The highest BCUT2D eigenvalue weighted by Gasteiger charge is 2.21. The van der Waals surface area contributed by atoms with Crippen LogP contribution in [-0.2, 0) is 4.79 Å². The fourth-order valence-corrected chi connectivity index (χ4v) is 3.15. The fraction of sp³-hybridized carbons (Fsp3) is 0.500. The summed E-state index contributed by atoms with van der Waals surface area (Å²) in [5.41, 5.74) is 1.11. The Balaban J connectivity index is 2.39. The van der Waals surface area contributed by atoms with Crippen molar-refractivity contribution in [3.05, 3.63) is 16.8 Å². The summed E-state index contributed by atoms with van der Waals surface area (Å²) in [5, 5.41) is 13.3. The van der Waals surface area contributed by atoms with E-state index in [4.69, 9.17) is 0 Å². The smallest absolute Gasteiger partial charge is 0.326 e. The van der Waals surface area contributed by atoms with E-state index in [0.717, 1.165) is 15.8 Å². The topological polar surface area (TPSA) is 75.1 Å². The van der Waals surface area contributed by atoms with Crippen molar-refractivity contribution >= 4 is 33.3 Å². The van der Waals surface area contributed by atoms with Crippen LogP contribution in [0.25, 0.3) is 10.2 Å². The number of hydrogen-bond donors (Lipinski definition) is 2. The molecule has 1 atom stereocenters. The van der Waals surface area contributed by atoms with Crippen LogP contribution < -0.4 is 5.32 Å². The van der Waals surface area contributed by atoms with Crippen LogP contribution in [0.5, 0.6) is 0 Å². The third-order valence-electron chi connectivity index (χ3n) is 3.28. The first kappa shape index (κ1) is 14.7. The van der Waals surface area contributed by atoms with E-state index in [1.54, 1.807) is 11.3 Å². The maximum atomic E-state index is 11.4. The Kier molecular flexibility index (Phi) is 4.23. The van der Waals surface area contributed by atoms with Gasteiger partial charge >= 0.3 is 5.97 Å². The van der Waals surface area contributed by atoms with E-state index in [2.05, 4.69) is 15.3 Å². The van der Waals surface area contributed by atoms with Gasteiger partial charge in [0.05, 0.1) is 5.39 Å². The molecule has 2 heterocycles. The number of aryl methyl sites for hydroxylation is 2. The summed E-state index contributed by atoms with van der Waals surface area (Å²) in [5.74, 6) is 0.0613. The molecule has 0 radical (unpaired) electrons. The number of carboxylic acids is 1. The van der Waals surface area contributed by atoms with Gasteiger partial charge in [0, 0.05) is 4.88 Å². The van der Waals surface area contributed by atoms with Gasteiger partial charge in [-0.25, -0.2) is 14.8 Å². The van der Waals surface area contributed by atoms with Gasteiger partial charge in [0.25, 0.3) is 0 Å². The van der Waals surface area contributed by atoms with E-state index in [1.807, 2.05) is 27.7 Å². The van der Waals surface area contributed by atoms with Gasteiger partial charge in [-0.05, 0) is 31.7 Å². The van der Waals surface area contributed by atoms with E-state index in [9.17, 15) is 9.90 Å². The van der Waals surface area contributed by atoms with E-state index >= 15 is 0 Å². The number of carbonyl (C=O) groups is 1. The molecule has 0 fully saturated rings. The number of nitrogens with zero attached hydrogens (tertiary/aromatic N) is 2. The number of thiophene rings is 1. The fourth-order valence-electron chi connectivity index (χ4n) is 2.15. The summed E-state index contributed by atoms with van der Waals surface area (Å²) in [7, 11) is 0. The Morgan fingerprint density at radius 1 is 1.40 bits per heavy atom. The van der Waals surface area contributed by atoms with Crippen molar-refractivity contribution in [3.63, 3.8) is 0 Å². The normalized spacial score (nSPS) is 12.8. The lowest BCUT2D eigenvalue weighted by Crippen LogP contribution is -2.31. The predicted molar refractivity (Wildman–Crippen MR) is 81.4 cm³/mol. The average molecular weight is 293 g/mol. The molecule has 0 aliphatic heterocycles. The predicted octanol–water partition coefficient (Wildman–Crippen LogP) is 3.22. The van der Waals surface area contributed by atoms with E-state index in [0.29, 0.717) is 18.2 Å². The summed E-state index contributed by atoms with van der Waals surface area (Å²) < 4.78 is 0. The molecule has 20 heavy (non-hydrogen) atoms. The quantitative estimate of drug-likeness (QED) is 0.885. The number of hydrogen-bond acceptors (Lipinski definition) is 5. The van der Waals surface area contributed by atoms with Crippen molar-refractivity contribution in [3.8, 4) is 0 Å². The van der Waals surface area contributed by atoms with Crippen LogP contribution in [0.1, 0.15) is 30.7 Å². The monoisotopic (exact) mass is 293 g/mol. The van der Waals surface area contributed by atoms with Crippen molar-refractivity contribution in [1.82, 2.24) is 9.97 Å². The van der Waals surface area contributed by atoms with Gasteiger partial charge in [-0.2, -0.15) is 0 Å². The molecule has 0 unspecified atom stereocenters. The molecule has 0 aromatic carbocycles. The number of aromatic nitrogens is 2. The zero-order valence-electron chi connectivity index (χ0n) is 12.1. The Hall–Kier alpha value is -1.69. The number of rotatable bonds is 5. The van der Waals surface area contributed by atoms with Crippen LogP contribution >= 0.6 is 11.3 Å². The second-order valence-corrected chi connectivity index (χ2v) is 6.55. The highest BCUT2D eigenvalue weighted by atomic mass is 32.1. The summed E-state index contributed by atoms with van der Waals surface area (Å²) in [4.78, 5) is 21.9. The zero-order valence-corrected chi connectivity index (χ0v) is 12.9. The van der Waals surface area contributed by atoms with Gasteiger partial charge in [-0.15, -0.1) is 11.3 Å². The Bertz CT molecular complexity index is 637. The van der Waals surface area contributed by atoms with Crippen molar-refractivity contribution in [2.75, 3.05) is 5.32 Å². The maximum absolute atomic E-state index is 11.4. The lowest BCUT2D eigenvalue weighted by atomic mass is 10.0. The van der Waals surface area contributed by atoms with E-state index in [-0.39, 0.29) is 0 Å². The minimum Gasteiger partial charge on any atom is -0.480 e. The summed E-state index contributed by atoms with van der Waals surface area (Å²) in [6.45, 7) is 8.07. The van der Waals surface area contributed by atoms with Crippen molar-refractivity contribution in [1.29, 1.82) is 0 Å². The van der Waals surface area contributed by atoms with Crippen LogP contribution in [-0.4, -0.2) is 27.1 Å².